The minimum atomic E-state index is -0.649. The van der Waals surface area contributed by atoms with E-state index >= 15 is 0 Å². The summed E-state index contributed by atoms with van der Waals surface area (Å²) < 4.78 is 5.11. The van der Waals surface area contributed by atoms with E-state index in [0.717, 1.165) is 5.57 Å². The Labute approximate surface area is 225 Å². The number of Topliss-reactive ketones (excluding diaryl/α,β-unsaturated/α-hetero) is 1. The molecule has 2 aliphatic rings. The number of hydrogen-bond donors (Lipinski definition) is 1. The van der Waals surface area contributed by atoms with Gasteiger partial charge in [0, 0.05) is 16.8 Å². The number of ketones is 1. The molecule has 196 valence electrons. The van der Waals surface area contributed by atoms with Crippen LogP contribution in [0.25, 0.3) is 0 Å². The molecule has 1 N–H and O–H groups in total. The van der Waals surface area contributed by atoms with Crippen molar-refractivity contribution in [3.8, 4) is 0 Å². The number of ether oxygens (including phenoxy) is 1. The summed E-state index contributed by atoms with van der Waals surface area (Å²) in [6.45, 7) is 1.60. The molecule has 1 fully saturated rings. The summed E-state index contributed by atoms with van der Waals surface area (Å²) in [5.41, 5.74) is 3.06. The van der Waals surface area contributed by atoms with Crippen LogP contribution in [0.4, 0.5) is 11.4 Å². The van der Waals surface area contributed by atoms with Gasteiger partial charge in [0.2, 0.25) is 11.8 Å². The Morgan fingerprint density at radius 2 is 1.46 bits per heavy atom. The molecule has 39 heavy (non-hydrogen) atoms. The van der Waals surface area contributed by atoms with Gasteiger partial charge in [-0.25, -0.2) is 4.79 Å². The quantitative estimate of drug-likeness (QED) is 0.206. The molecular weight excluding hydrogens is 496 g/mol. The minimum Gasteiger partial charge on any atom is -0.454 e. The second-order valence-corrected chi connectivity index (χ2v) is 9.66. The van der Waals surface area contributed by atoms with Crippen LogP contribution in [0.2, 0.25) is 0 Å². The fourth-order valence-corrected chi connectivity index (χ4v) is 4.87. The molecule has 0 bridgehead atoms. The molecule has 0 aromatic heterocycles. The Balaban J connectivity index is 1.17. The molecule has 5 rings (SSSR count). The molecule has 3 aromatic carbocycles. The van der Waals surface area contributed by atoms with E-state index in [2.05, 4.69) is 5.32 Å². The SMILES string of the molecule is CC1=CC[C@@H]2C(=O)N(c3ccc(C(=O)Nc4ccc(C(=O)OCC(=O)c5ccccc5)cc4)cc3)C(=O)[C@@H]2C1. The van der Waals surface area contributed by atoms with Crippen molar-refractivity contribution in [2.24, 2.45) is 11.8 Å². The van der Waals surface area contributed by atoms with Crippen molar-refractivity contribution in [1.82, 2.24) is 0 Å². The number of carbonyl (C=O) groups excluding carboxylic acids is 5. The number of hydrogen-bond acceptors (Lipinski definition) is 6. The van der Waals surface area contributed by atoms with E-state index in [1.165, 1.54) is 17.0 Å². The average molecular weight is 523 g/mol. The number of amides is 3. The second-order valence-electron chi connectivity index (χ2n) is 9.66. The van der Waals surface area contributed by atoms with Gasteiger partial charge in [0.05, 0.1) is 23.1 Å². The number of esters is 1. The van der Waals surface area contributed by atoms with Crippen LogP contribution in [0.1, 0.15) is 50.8 Å². The van der Waals surface area contributed by atoms with Gasteiger partial charge in [0.25, 0.3) is 5.91 Å². The number of rotatable bonds is 7. The molecule has 1 aliphatic carbocycles. The van der Waals surface area contributed by atoms with Crippen molar-refractivity contribution in [3.63, 3.8) is 0 Å². The van der Waals surface area contributed by atoms with Crippen molar-refractivity contribution in [2.45, 2.75) is 19.8 Å². The van der Waals surface area contributed by atoms with E-state index in [0.29, 0.717) is 35.3 Å². The van der Waals surface area contributed by atoms with Crippen LogP contribution < -0.4 is 10.2 Å². The highest BCUT2D eigenvalue weighted by molar-refractivity contribution is 6.22. The first kappa shape index (κ1) is 25.8. The zero-order valence-corrected chi connectivity index (χ0v) is 21.3. The first-order valence-electron chi connectivity index (χ1n) is 12.6. The normalized spacial score (nSPS) is 18.3. The standard InChI is InChI=1S/C31H26N2O6/c1-19-7-16-25-26(17-19)30(37)33(29(25)36)24-14-10-21(11-15-24)28(35)32-23-12-8-22(9-13-23)31(38)39-18-27(34)20-5-3-2-4-6-20/h2-15,25-26H,16-18H2,1H3,(H,32,35)/t25-,26+/m0/s1. The number of benzene rings is 3. The average Bonchev–Trinajstić information content (AvgIpc) is 3.21. The second kappa shape index (κ2) is 10.9. The summed E-state index contributed by atoms with van der Waals surface area (Å²) in [6.07, 6.45) is 3.18. The highest BCUT2D eigenvalue weighted by Gasteiger charge is 2.48. The van der Waals surface area contributed by atoms with E-state index in [4.69, 9.17) is 4.74 Å². The van der Waals surface area contributed by atoms with Gasteiger partial charge in [-0.1, -0.05) is 42.0 Å². The smallest absolute Gasteiger partial charge is 0.338 e. The third-order valence-corrected chi connectivity index (χ3v) is 7.02. The van der Waals surface area contributed by atoms with Crippen molar-refractivity contribution < 1.29 is 28.7 Å². The van der Waals surface area contributed by atoms with Gasteiger partial charge in [-0.2, -0.15) is 0 Å². The maximum Gasteiger partial charge on any atom is 0.338 e. The highest BCUT2D eigenvalue weighted by Crippen LogP contribution is 2.39. The van der Waals surface area contributed by atoms with Crippen LogP contribution in [0.3, 0.4) is 0 Å². The predicted molar refractivity (Wildman–Crippen MR) is 144 cm³/mol. The van der Waals surface area contributed by atoms with Gasteiger partial charge in [0.15, 0.2) is 12.4 Å². The summed E-state index contributed by atoms with van der Waals surface area (Å²) in [5.74, 6) is -2.39. The lowest BCUT2D eigenvalue weighted by Crippen LogP contribution is -2.30. The van der Waals surface area contributed by atoms with Gasteiger partial charge >= 0.3 is 5.97 Å². The first-order chi connectivity index (χ1) is 18.8. The van der Waals surface area contributed by atoms with Crippen LogP contribution in [0.5, 0.6) is 0 Å². The third-order valence-electron chi connectivity index (χ3n) is 7.02. The lowest BCUT2D eigenvalue weighted by molar-refractivity contribution is -0.122. The Bertz CT molecular complexity index is 1480. The molecule has 2 atom stereocenters. The number of carbonyl (C=O) groups is 5. The summed E-state index contributed by atoms with van der Waals surface area (Å²) in [7, 11) is 0. The summed E-state index contributed by atoms with van der Waals surface area (Å²) in [5, 5.41) is 2.75. The molecule has 8 nitrogen and oxygen atoms in total. The number of nitrogens with zero attached hydrogens (tertiary/aromatic N) is 1. The van der Waals surface area contributed by atoms with E-state index in [1.807, 2.05) is 13.0 Å². The van der Waals surface area contributed by atoms with Crippen molar-refractivity contribution in [1.29, 1.82) is 0 Å². The lowest BCUT2D eigenvalue weighted by Gasteiger charge is -2.18. The van der Waals surface area contributed by atoms with Crippen LogP contribution in [-0.4, -0.2) is 36.1 Å². The van der Waals surface area contributed by atoms with Crippen LogP contribution in [-0.2, 0) is 14.3 Å². The molecule has 3 aromatic rings. The third kappa shape index (κ3) is 5.40. The summed E-state index contributed by atoms with van der Waals surface area (Å²) >= 11 is 0. The predicted octanol–water partition coefficient (Wildman–Crippen LogP) is 4.82. The van der Waals surface area contributed by atoms with Gasteiger partial charge in [0.1, 0.15) is 0 Å². The summed E-state index contributed by atoms with van der Waals surface area (Å²) in [6, 6.07) is 21.0. The number of anilines is 2. The van der Waals surface area contributed by atoms with Crippen LogP contribution in [0.15, 0.2) is 90.5 Å². The van der Waals surface area contributed by atoms with Gasteiger partial charge in [-0.15, -0.1) is 0 Å². The number of imide groups is 1. The molecule has 0 spiro atoms. The van der Waals surface area contributed by atoms with Gasteiger partial charge in [-0.05, 0) is 68.3 Å². The zero-order valence-electron chi connectivity index (χ0n) is 21.3. The summed E-state index contributed by atoms with van der Waals surface area (Å²) in [4.78, 5) is 64.2. The van der Waals surface area contributed by atoms with Gasteiger partial charge in [-0.3, -0.25) is 24.1 Å². The minimum absolute atomic E-state index is 0.197. The molecular formula is C31H26N2O6. The van der Waals surface area contributed by atoms with E-state index in [1.54, 1.807) is 66.7 Å². The van der Waals surface area contributed by atoms with Gasteiger partial charge < -0.3 is 10.1 Å². The molecule has 0 radical (unpaired) electrons. The molecule has 1 heterocycles. The Hall–Kier alpha value is -4.85. The monoisotopic (exact) mass is 522 g/mol. The Kier molecular flexibility index (Phi) is 7.19. The fraction of sp³-hybridized carbons (Fsp3) is 0.194. The molecule has 1 aliphatic heterocycles. The number of fused-ring (bicyclic) bond motifs is 1. The molecule has 0 unspecified atom stereocenters. The van der Waals surface area contributed by atoms with Crippen molar-refractivity contribution in [3.05, 3.63) is 107 Å². The maximum absolute atomic E-state index is 12.9. The molecule has 8 heteroatoms. The number of allylic oxidation sites excluding steroid dienone is 2. The molecule has 0 saturated carbocycles. The maximum atomic E-state index is 12.9. The Morgan fingerprint density at radius 3 is 2.15 bits per heavy atom. The topological polar surface area (TPSA) is 110 Å². The van der Waals surface area contributed by atoms with Crippen LogP contribution >= 0.6 is 0 Å². The first-order valence-corrected chi connectivity index (χ1v) is 12.6. The number of nitrogens with one attached hydrogen (secondary N) is 1. The van der Waals surface area contributed by atoms with Crippen molar-refractivity contribution >= 4 is 40.8 Å². The van der Waals surface area contributed by atoms with E-state index < -0.39 is 11.9 Å². The lowest BCUT2D eigenvalue weighted by atomic mass is 9.82. The molecule has 3 amide bonds. The van der Waals surface area contributed by atoms with E-state index in [-0.39, 0.29) is 41.6 Å². The van der Waals surface area contributed by atoms with Crippen molar-refractivity contribution in [2.75, 3.05) is 16.8 Å². The highest BCUT2D eigenvalue weighted by atomic mass is 16.5. The van der Waals surface area contributed by atoms with Crippen LogP contribution in [0, 0.1) is 11.8 Å². The zero-order chi connectivity index (χ0) is 27.5. The fourth-order valence-electron chi connectivity index (χ4n) is 4.87. The van der Waals surface area contributed by atoms with E-state index in [9.17, 15) is 24.0 Å². The molecule has 1 saturated heterocycles. The Morgan fingerprint density at radius 1 is 0.821 bits per heavy atom. The largest absolute Gasteiger partial charge is 0.454 e.